The molecule has 1 atom stereocenters. The third-order valence-corrected chi connectivity index (χ3v) is 2.02. The fraction of sp³-hybridized carbons (Fsp3) is 0.250. The first-order valence-corrected chi connectivity index (χ1v) is 4.95. The lowest BCUT2D eigenvalue weighted by Crippen LogP contribution is -2.00. The predicted molar refractivity (Wildman–Crippen MR) is 44.2 cm³/mol. The third-order valence-electron chi connectivity index (χ3n) is 1.28. The Hall–Kier alpha value is -0.540. The molecule has 11 heavy (non-hydrogen) atoms. The van der Waals surface area contributed by atoms with E-state index in [2.05, 4.69) is 0 Å². The Bertz CT molecular complexity index is 220. The van der Waals surface area contributed by atoms with Gasteiger partial charge in [0.2, 0.25) is 0 Å². The predicted octanol–water partition coefficient (Wildman–Crippen LogP) is 1.70. The molecule has 0 amide bonds. The van der Waals surface area contributed by atoms with Crippen molar-refractivity contribution in [2.45, 2.75) is 5.75 Å². The highest BCUT2D eigenvalue weighted by Crippen LogP contribution is 2.05. The molecule has 0 spiro atoms. The quantitative estimate of drug-likeness (QED) is 0.623. The number of halogens is 1. The van der Waals surface area contributed by atoms with Crippen LogP contribution in [-0.2, 0) is 16.9 Å². The van der Waals surface area contributed by atoms with Crippen molar-refractivity contribution in [3.63, 3.8) is 0 Å². The van der Waals surface area contributed by atoms with Gasteiger partial charge in [-0.15, -0.1) is 0 Å². The highest BCUT2D eigenvalue weighted by molar-refractivity contribution is 7.89. The Morgan fingerprint density at radius 1 is 1.36 bits per heavy atom. The molecular formula is C8H9FOS. The van der Waals surface area contributed by atoms with Crippen molar-refractivity contribution in [3.05, 3.63) is 35.6 Å². The van der Waals surface area contributed by atoms with E-state index in [-0.39, 0.29) is 5.82 Å². The lowest BCUT2D eigenvalue weighted by atomic mass is 10.2. The van der Waals surface area contributed by atoms with E-state index in [9.17, 15) is 8.94 Å². The van der Waals surface area contributed by atoms with Gasteiger partial charge in [-0.3, -0.25) is 0 Å². The van der Waals surface area contributed by atoms with E-state index in [0.29, 0.717) is 5.75 Å². The summed E-state index contributed by atoms with van der Waals surface area (Å²) in [7, 11) is 0. The molecule has 1 unspecified atom stereocenters. The Morgan fingerprint density at radius 2 is 1.91 bits per heavy atom. The van der Waals surface area contributed by atoms with Gasteiger partial charge in [-0.2, -0.15) is 0 Å². The monoisotopic (exact) mass is 172 g/mol. The molecule has 0 saturated heterocycles. The molecule has 0 aliphatic heterocycles. The zero-order chi connectivity index (χ0) is 8.27. The molecule has 60 valence electrons. The van der Waals surface area contributed by atoms with Crippen molar-refractivity contribution in [1.82, 2.24) is 0 Å². The number of rotatable bonds is 2. The smallest absolute Gasteiger partial charge is 0.130 e. The minimum Gasteiger partial charge on any atom is -0.616 e. The van der Waals surface area contributed by atoms with Crippen molar-refractivity contribution in [3.8, 4) is 0 Å². The van der Waals surface area contributed by atoms with Crippen molar-refractivity contribution < 1.29 is 8.94 Å². The van der Waals surface area contributed by atoms with Crippen molar-refractivity contribution >= 4 is 11.2 Å². The highest BCUT2D eigenvalue weighted by atomic mass is 32.2. The van der Waals surface area contributed by atoms with E-state index in [1.54, 1.807) is 18.4 Å². The molecule has 0 aromatic heterocycles. The standard InChI is InChI=1S/C8H9FOS/c1-11(10)6-7-2-4-8(9)5-3-7/h2-5H,6H2,1H3. The summed E-state index contributed by atoms with van der Waals surface area (Å²) in [4.78, 5) is 0. The van der Waals surface area contributed by atoms with E-state index in [1.807, 2.05) is 0 Å². The molecule has 0 fully saturated rings. The van der Waals surface area contributed by atoms with Crippen LogP contribution in [0.2, 0.25) is 0 Å². The van der Waals surface area contributed by atoms with Crippen LogP contribution in [0.4, 0.5) is 4.39 Å². The summed E-state index contributed by atoms with van der Waals surface area (Å²) < 4.78 is 23.1. The second kappa shape index (κ2) is 3.74. The fourth-order valence-corrected chi connectivity index (χ4v) is 1.48. The summed E-state index contributed by atoms with van der Waals surface area (Å²) >= 11 is -0.846. The van der Waals surface area contributed by atoms with E-state index in [4.69, 9.17) is 0 Å². The minimum atomic E-state index is -0.846. The van der Waals surface area contributed by atoms with Gasteiger partial charge in [-0.1, -0.05) is 23.3 Å². The Balaban J connectivity index is 2.66. The second-order valence-corrected chi connectivity index (χ2v) is 3.78. The Labute approximate surface area is 68.4 Å². The van der Waals surface area contributed by atoms with Crippen LogP contribution in [0.1, 0.15) is 5.56 Å². The normalized spacial score (nSPS) is 13.0. The van der Waals surface area contributed by atoms with E-state index < -0.39 is 11.2 Å². The minimum absolute atomic E-state index is 0.254. The maximum absolute atomic E-state index is 12.3. The molecule has 0 bridgehead atoms. The first-order chi connectivity index (χ1) is 5.18. The van der Waals surface area contributed by atoms with Gasteiger partial charge < -0.3 is 4.55 Å². The molecule has 1 nitrogen and oxygen atoms in total. The molecule has 1 aromatic rings. The first-order valence-electron chi connectivity index (χ1n) is 3.23. The zero-order valence-electron chi connectivity index (χ0n) is 6.21. The summed E-state index contributed by atoms with van der Waals surface area (Å²) in [6.45, 7) is 0. The van der Waals surface area contributed by atoms with Gasteiger partial charge in [-0.25, -0.2) is 4.39 Å². The molecular weight excluding hydrogens is 163 g/mol. The Kier molecular flexibility index (Phi) is 2.91. The summed E-state index contributed by atoms with van der Waals surface area (Å²) in [6, 6.07) is 6.05. The highest BCUT2D eigenvalue weighted by Gasteiger charge is 1.99. The van der Waals surface area contributed by atoms with Gasteiger partial charge in [0, 0.05) is 5.56 Å². The molecule has 1 aromatic carbocycles. The lowest BCUT2D eigenvalue weighted by Gasteiger charge is -2.03. The zero-order valence-corrected chi connectivity index (χ0v) is 7.03. The van der Waals surface area contributed by atoms with Crippen LogP contribution in [-0.4, -0.2) is 10.8 Å². The number of hydrogen-bond donors (Lipinski definition) is 0. The summed E-state index contributed by atoms with van der Waals surface area (Å²) in [5.41, 5.74) is 0.909. The second-order valence-electron chi connectivity index (χ2n) is 2.34. The van der Waals surface area contributed by atoms with Crippen LogP contribution in [0.5, 0.6) is 0 Å². The Morgan fingerprint density at radius 3 is 2.36 bits per heavy atom. The average molecular weight is 172 g/mol. The molecule has 0 aliphatic rings. The third kappa shape index (κ3) is 2.91. The fourth-order valence-electron chi connectivity index (χ4n) is 0.815. The van der Waals surface area contributed by atoms with Crippen LogP contribution < -0.4 is 0 Å². The van der Waals surface area contributed by atoms with E-state index >= 15 is 0 Å². The van der Waals surface area contributed by atoms with Crippen LogP contribution in [0, 0.1) is 5.82 Å². The SMILES string of the molecule is C[S+]([O-])Cc1ccc(F)cc1. The molecule has 1 rings (SSSR count). The van der Waals surface area contributed by atoms with Crippen molar-refractivity contribution in [2.75, 3.05) is 6.26 Å². The molecule has 0 saturated carbocycles. The number of hydrogen-bond acceptors (Lipinski definition) is 1. The van der Waals surface area contributed by atoms with Gasteiger partial charge in [-0.05, 0) is 12.1 Å². The van der Waals surface area contributed by atoms with E-state index in [1.165, 1.54) is 12.1 Å². The van der Waals surface area contributed by atoms with E-state index in [0.717, 1.165) is 5.56 Å². The largest absolute Gasteiger partial charge is 0.616 e. The summed E-state index contributed by atoms with van der Waals surface area (Å²) in [5.74, 6) is 0.246. The molecule has 3 heteroatoms. The van der Waals surface area contributed by atoms with Gasteiger partial charge in [0.15, 0.2) is 0 Å². The molecule has 0 aliphatic carbocycles. The molecule has 0 N–H and O–H groups in total. The lowest BCUT2D eigenvalue weighted by molar-refractivity contribution is 0.599. The van der Waals surface area contributed by atoms with Gasteiger partial charge in [0.05, 0.1) is 6.26 Å². The maximum Gasteiger partial charge on any atom is 0.130 e. The topological polar surface area (TPSA) is 23.1 Å². The van der Waals surface area contributed by atoms with Gasteiger partial charge in [0.25, 0.3) is 0 Å². The van der Waals surface area contributed by atoms with Gasteiger partial charge in [0.1, 0.15) is 11.6 Å². The average Bonchev–Trinajstić information content (AvgIpc) is 1.93. The maximum atomic E-state index is 12.3. The van der Waals surface area contributed by atoms with Crippen LogP contribution in [0.25, 0.3) is 0 Å². The first kappa shape index (κ1) is 8.56. The van der Waals surface area contributed by atoms with Crippen molar-refractivity contribution in [2.24, 2.45) is 0 Å². The van der Waals surface area contributed by atoms with Crippen LogP contribution in [0.15, 0.2) is 24.3 Å². The summed E-state index contributed by atoms with van der Waals surface area (Å²) in [6.07, 6.45) is 1.63. The van der Waals surface area contributed by atoms with Gasteiger partial charge >= 0.3 is 0 Å². The molecule has 0 heterocycles. The summed E-state index contributed by atoms with van der Waals surface area (Å²) in [5, 5.41) is 0. The van der Waals surface area contributed by atoms with Crippen molar-refractivity contribution in [1.29, 1.82) is 0 Å². The van der Waals surface area contributed by atoms with Crippen LogP contribution in [0.3, 0.4) is 0 Å². The molecule has 0 radical (unpaired) electrons. The number of benzene rings is 1. The van der Waals surface area contributed by atoms with Crippen LogP contribution >= 0.6 is 0 Å².